The number of carbonyl (C=O) groups is 3. The first-order chi connectivity index (χ1) is 21.4. The van der Waals surface area contributed by atoms with Crippen molar-refractivity contribution in [2.45, 2.75) is 38.4 Å². The minimum absolute atomic E-state index is 0.263. The highest BCUT2D eigenvalue weighted by atomic mass is 16.7. The average Bonchev–Trinajstić information content (AvgIpc) is 3.61. The third-order valence-corrected chi connectivity index (χ3v) is 7.64. The maximum atomic E-state index is 13.4. The highest BCUT2D eigenvalue weighted by molar-refractivity contribution is 5.91. The smallest absolute Gasteiger partial charge is 0.338 e. The second-order valence-electron chi connectivity index (χ2n) is 10.6. The molecule has 0 radical (unpaired) electrons. The first-order valence-electron chi connectivity index (χ1n) is 14.2. The molecule has 0 N–H and O–H groups in total. The van der Waals surface area contributed by atoms with Gasteiger partial charge in [-0.25, -0.2) is 19.4 Å². The van der Waals surface area contributed by atoms with E-state index in [9.17, 15) is 14.4 Å². The fraction of sp³-hybridized carbons (Fsp3) is 0.200. The highest BCUT2D eigenvalue weighted by Crippen LogP contribution is 2.37. The van der Waals surface area contributed by atoms with E-state index in [4.69, 9.17) is 18.9 Å². The van der Waals surface area contributed by atoms with Gasteiger partial charge in [-0.15, -0.1) is 0 Å². The van der Waals surface area contributed by atoms with Gasteiger partial charge in [0.2, 0.25) is 0 Å². The monoisotopic (exact) mass is 590 g/mol. The van der Waals surface area contributed by atoms with E-state index in [1.165, 1.54) is 0 Å². The SMILES string of the molecule is Cc1cc2ncn([C@H]3O[C@H](COC(=O)c4ccccc4)[C@H](OC(=O)c4ccccc4)[C@@H]3OC(=O)c3ccccc3)c2cc1C. The van der Waals surface area contributed by atoms with Crippen LogP contribution in [0.1, 0.15) is 48.4 Å². The van der Waals surface area contributed by atoms with Crippen molar-refractivity contribution in [1.82, 2.24) is 9.55 Å². The summed E-state index contributed by atoms with van der Waals surface area (Å²) in [6, 6.07) is 29.5. The van der Waals surface area contributed by atoms with Gasteiger partial charge in [0, 0.05) is 0 Å². The number of imidazole rings is 1. The lowest BCUT2D eigenvalue weighted by Gasteiger charge is -2.25. The summed E-state index contributed by atoms with van der Waals surface area (Å²) in [5.74, 6) is -1.83. The maximum Gasteiger partial charge on any atom is 0.338 e. The molecule has 1 aliphatic rings. The third-order valence-electron chi connectivity index (χ3n) is 7.64. The fourth-order valence-electron chi connectivity index (χ4n) is 5.17. The van der Waals surface area contributed by atoms with Gasteiger partial charge >= 0.3 is 17.9 Å². The summed E-state index contributed by atoms with van der Waals surface area (Å²) in [7, 11) is 0. The molecule has 1 fully saturated rings. The van der Waals surface area contributed by atoms with Crippen LogP contribution >= 0.6 is 0 Å². The molecule has 9 nitrogen and oxygen atoms in total. The molecule has 0 spiro atoms. The number of esters is 3. The van der Waals surface area contributed by atoms with E-state index in [2.05, 4.69) is 4.98 Å². The van der Waals surface area contributed by atoms with Gasteiger partial charge in [0.15, 0.2) is 18.4 Å². The van der Waals surface area contributed by atoms with Crippen LogP contribution in [0.25, 0.3) is 11.0 Å². The van der Waals surface area contributed by atoms with Crippen LogP contribution in [-0.2, 0) is 18.9 Å². The quantitative estimate of drug-likeness (QED) is 0.164. The molecule has 0 unspecified atom stereocenters. The van der Waals surface area contributed by atoms with E-state index < -0.39 is 42.4 Å². The summed E-state index contributed by atoms with van der Waals surface area (Å²) in [6.07, 6.45) is -2.57. The Labute approximate surface area is 254 Å². The molecule has 1 aromatic heterocycles. The van der Waals surface area contributed by atoms with Crippen LogP contribution in [0.5, 0.6) is 0 Å². The van der Waals surface area contributed by atoms with Crippen molar-refractivity contribution in [1.29, 1.82) is 0 Å². The fourth-order valence-corrected chi connectivity index (χ4v) is 5.17. The standard InChI is InChI=1S/C35H30N2O7/c1-22-18-27-28(19-23(22)2)37(21-36-27)32-31(44-35(40)26-16-10-5-11-17-26)30(43-34(39)25-14-8-4-9-15-25)29(42-32)20-41-33(38)24-12-6-3-7-13-24/h3-19,21,29-32H,20H2,1-2H3/t29-,30+,31+,32+/m1/s1. The van der Waals surface area contributed by atoms with Crippen molar-refractivity contribution in [2.24, 2.45) is 0 Å². The highest BCUT2D eigenvalue weighted by Gasteiger charge is 2.51. The predicted molar refractivity (Wildman–Crippen MR) is 161 cm³/mol. The zero-order chi connectivity index (χ0) is 30.6. The molecule has 2 heterocycles. The summed E-state index contributed by atoms with van der Waals surface area (Å²) in [5.41, 5.74) is 4.57. The molecule has 9 heteroatoms. The van der Waals surface area contributed by atoms with Crippen molar-refractivity contribution < 1.29 is 33.3 Å². The minimum atomic E-state index is -1.13. The number of rotatable bonds is 8. The largest absolute Gasteiger partial charge is 0.459 e. The Morgan fingerprint density at radius 1 is 0.705 bits per heavy atom. The Morgan fingerprint density at radius 3 is 1.77 bits per heavy atom. The van der Waals surface area contributed by atoms with Crippen molar-refractivity contribution >= 4 is 28.9 Å². The number of ether oxygens (including phenoxy) is 4. The van der Waals surface area contributed by atoms with Gasteiger partial charge in [-0.3, -0.25) is 0 Å². The molecule has 1 saturated heterocycles. The molecule has 0 amide bonds. The normalized spacial score (nSPS) is 19.4. The first-order valence-corrected chi connectivity index (χ1v) is 14.2. The van der Waals surface area contributed by atoms with E-state index >= 15 is 0 Å². The van der Waals surface area contributed by atoms with E-state index in [0.717, 1.165) is 22.2 Å². The number of carbonyl (C=O) groups excluding carboxylic acids is 3. The van der Waals surface area contributed by atoms with Gasteiger partial charge in [0.05, 0.1) is 34.1 Å². The van der Waals surface area contributed by atoms with Crippen LogP contribution in [0.2, 0.25) is 0 Å². The first kappa shape index (κ1) is 28.8. The third kappa shape index (κ3) is 5.95. The summed E-state index contributed by atoms with van der Waals surface area (Å²) < 4.78 is 25.9. The van der Waals surface area contributed by atoms with Crippen LogP contribution in [-0.4, -0.2) is 52.4 Å². The summed E-state index contributed by atoms with van der Waals surface area (Å²) in [6.45, 7) is 3.73. The second-order valence-corrected chi connectivity index (χ2v) is 10.6. The van der Waals surface area contributed by atoms with Gasteiger partial charge in [-0.2, -0.15) is 0 Å². The molecule has 4 aromatic carbocycles. The molecule has 222 valence electrons. The van der Waals surface area contributed by atoms with Gasteiger partial charge in [0.1, 0.15) is 12.7 Å². The Bertz CT molecular complexity index is 1790. The number of nitrogens with zero attached hydrogens (tertiary/aromatic N) is 2. The van der Waals surface area contributed by atoms with Crippen LogP contribution in [0.4, 0.5) is 0 Å². The Kier molecular flexibility index (Phi) is 8.21. The zero-order valence-electron chi connectivity index (χ0n) is 24.2. The summed E-state index contributed by atoms with van der Waals surface area (Å²) >= 11 is 0. The molecule has 5 aromatic rings. The number of fused-ring (bicyclic) bond motifs is 1. The van der Waals surface area contributed by atoms with Gasteiger partial charge < -0.3 is 23.5 Å². The van der Waals surface area contributed by atoms with Crippen LogP contribution < -0.4 is 0 Å². The topological polar surface area (TPSA) is 106 Å². The lowest BCUT2D eigenvalue weighted by atomic mass is 10.1. The second kappa shape index (κ2) is 12.5. The van der Waals surface area contributed by atoms with Gasteiger partial charge in [0.25, 0.3) is 0 Å². The predicted octanol–water partition coefficient (Wildman–Crippen LogP) is 5.86. The van der Waals surface area contributed by atoms with Crippen molar-refractivity contribution in [2.75, 3.05) is 6.61 Å². The van der Waals surface area contributed by atoms with Crippen LogP contribution in [0, 0.1) is 13.8 Å². The molecule has 0 saturated carbocycles. The number of aryl methyl sites for hydroxylation is 2. The van der Waals surface area contributed by atoms with Crippen molar-refractivity contribution in [3.8, 4) is 0 Å². The molecule has 6 rings (SSSR count). The average molecular weight is 591 g/mol. The number of benzene rings is 4. The summed E-state index contributed by atoms with van der Waals surface area (Å²) in [4.78, 5) is 44.2. The molecule has 0 aliphatic carbocycles. The van der Waals surface area contributed by atoms with Crippen molar-refractivity contribution in [3.63, 3.8) is 0 Å². The number of aromatic nitrogens is 2. The molecule has 44 heavy (non-hydrogen) atoms. The molecule has 0 bridgehead atoms. The molecule has 1 aliphatic heterocycles. The Balaban J connectivity index is 1.38. The van der Waals surface area contributed by atoms with Crippen molar-refractivity contribution in [3.05, 3.63) is 137 Å². The van der Waals surface area contributed by atoms with E-state index in [1.54, 1.807) is 102 Å². The minimum Gasteiger partial charge on any atom is -0.459 e. The lowest BCUT2D eigenvalue weighted by Crippen LogP contribution is -2.41. The van der Waals surface area contributed by atoms with Gasteiger partial charge in [-0.05, 0) is 73.5 Å². The Hall–Kier alpha value is -5.28. The van der Waals surface area contributed by atoms with E-state index in [0.29, 0.717) is 16.7 Å². The van der Waals surface area contributed by atoms with Crippen LogP contribution in [0.15, 0.2) is 109 Å². The lowest BCUT2D eigenvalue weighted by molar-refractivity contribution is -0.0604. The maximum absolute atomic E-state index is 13.4. The molecular weight excluding hydrogens is 560 g/mol. The number of hydrogen-bond donors (Lipinski definition) is 0. The van der Waals surface area contributed by atoms with E-state index in [-0.39, 0.29) is 6.61 Å². The van der Waals surface area contributed by atoms with Gasteiger partial charge in [-0.1, -0.05) is 54.6 Å². The zero-order valence-corrected chi connectivity index (χ0v) is 24.2. The number of hydrogen-bond acceptors (Lipinski definition) is 8. The van der Waals surface area contributed by atoms with E-state index in [1.807, 2.05) is 26.0 Å². The molecule has 4 atom stereocenters. The van der Waals surface area contributed by atoms with Crippen LogP contribution in [0.3, 0.4) is 0 Å². The summed E-state index contributed by atoms with van der Waals surface area (Å²) in [5, 5.41) is 0. The molecular formula is C35H30N2O7. The Morgan fingerprint density at radius 2 is 1.20 bits per heavy atom.